The Balaban J connectivity index is 2.01. The van der Waals surface area contributed by atoms with Gasteiger partial charge in [0.2, 0.25) is 0 Å². The highest BCUT2D eigenvalue weighted by atomic mass is 35.5. The Morgan fingerprint density at radius 1 is 1.06 bits per heavy atom. The molecule has 0 saturated heterocycles. The normalized spacial score (nSPS) is 17.3. The van der Waals surface area contributed by atoms with Crippen LogP contribution < -0.4 is 11.2 Å². The smallest absolute Gasteiger partial charge is 0.331 e. The maximum atomic E-state index is 13.5. The molecule has 7 nitrogen and oxygen atoms in total. The second kappa shape index (κ2) is 7.37. The van der Waals surface area contributed by atoms with Gasteiger partial charge in [-0.1, -0.05) is 35.9 Å². The van der Waals surface area contributed by atoms with Crippen LogP contribution in [0.25, 0.3) is 22.2 Å². The predicted molar refractivity (Wildman–Crippen MR) is 128 cm³/mol. The summed E-state index contributed by atoms with van der Waals surface area (Å²) in [5.41, 5.74) is 2.19. The van der Waals surface area contributed by atoms with E-state index < -0.39 is 17.3 Å². The molecule has 0 radical (unpaired) electrons. The van der Waals surface area contributed by atoms with Gasteiger partial charge in [0.15, 0.2) is 0 Å². The van der Waals surface area contributed by atoms with Gasteiger partial charge < -0.3 is 14.4 Å². The van der Waals surface area contributed by atoms with Gasteiger partial charge in [0.1, 0.15) is 11.9 Å². The molecule has 1 unspecified atom stereocenters. The Labute approximate surface area is 195 Å². The molecule has 0 bridgehead atoms. The molecule has 0 fully saturated rings. The number of phenolic OH excluding ortho intramolecular Hbond substituents is 1. The highest BCUT2D eigenvalue weighted by Gasteiger charge is 2.40. The molecule has 8 heteroatoms. The van der Waals surface area contributed by atoms with Crippen molar-refractivity contribution in [1.29, 1.82) is 0 Å². The SMILES string of the molecule is Cn1c(=O)c2c(-c3ccc(Cl)cc3)n3c(c2n(C)c1=O)C(c1cccc(O)c1)OCC3(C)C. The zero-order chi connectivity index (χ0) is 23.7. The molecule has 0 amide bonds. The van der Waals surface area contributed by atoms with Crippen molar-refractivity contribution in [3.63, 3.8) is 0 Å². The van der Waals surface area contributed by atoms with Gasteiger partial charge in [-0.15, -0.1) is 0 Å². The van der Waals surface area contributed by atoms with E-state index in [0.29, 0.717) is 33.9 Å². The van der Waals surface area contributed by atoms with Crippen molar-refractivity contribution >= 4 is 22.5 Å². The van der Waals surface area contributed by atoms with Crippen molar-refractivity contribution in [2.75, 3.05) is 6.61 Å². The lowest BCUT2D eigenvalue weighted by molar-refractivity contribution is -0.00714. The predicted octanol–water partition coefficient (Wildman–Crippen LogP) is 3.92. The number of phenols is 1. The number of hydrogen-bond acceptors (Lipinski definition) is 4. The number of nitrogens with zero attached hydrogens (tertiary/aromatic N) is 3. The zero-order valence-electron chi connectivity index (χ0n) is 18.8. The largest absolute Gasteiger partial charge is 0.508 e. The number of hydrogen-bond donors (Lipinski definition) is 1. The van der Waals surface area contributed by atoms with Crippen LogP contribution in [-0.2, 0) is 24.4 Å². The summed E-state index contributed by atoms with van der Waals surface area (Å²) >= 11 is 6.15. The molecule has 1 N–H and O–H groups in total. The van der Waals surface area contributed by atoms with E-state index in [1.807, 2.05) is 32.0 Å². The number of aromatic hydroxyl groups is 1. The number of aromatic nitrogens is 3. The average molecular weight is 466 g/mol. The number of ether oxygens (including phenoxy) is 1. The molecule has 4 aromatic rings. The summed E-state index contributed by atoms with van der Waals surface area (Å²) in [5.74, 6) is 0.117. The summed E-state index contributed by atoms with van der Waals surface area (Å²) in [7, 11) is 3.15. The third-order valence-corrected chi connectivity index (χ3v) is 6.61. The Morgan fingerprint density at radius 3 is 2.42 bits per heavy atom. The molecule has 1 aliphatic rings. The third-order valence-electron chi connectivity index (χ3n) is 6.36. The van der Waals surface area contributed by atoms with E-state index in [2.05, 4.69) is 4.57 Å². The first-order valence-electron chi connectivity index (χ1n) is 10.6. The fourth-order valence-corrected chi connectivity index (χ4v) is 4.95. The molecule has 5 rings (SSSR count). The van der Waals surface area contributed by atoms with Gasteiger partial charge in [0.25, 0.3) is 5.56 Å². The lowest BCUT2D eigenvalue weighted by Crippen LogP contribution is -2.40. The van der Waals surface area contributed by atoms with Crippen LogP contribution in [0, 0.1) is 0 Å². The minimum Gasteiger partial charge on any atom is -0.508 e. The van der Waals surface area contributed by atoms with Gasteiger partial charge in [-0.25, -0.2) is 4.79 Å². The van der Waals surface area contributed by atoms with E-state index in [0.717, 1.165) is 15.7 Å². The van der Waals surface area contributed by atoms with Crippen LogP contribution in [0.2, 0.25) is 5.02 Å². The summed E-state index contributed by atoms with van der Waals surface area (Å²) in [5, 5.41) is 11.1. The van der Waals surface area contributed by atoms with Crippen LogP contribution in [0.3, 0.4) is 0 Å². The highest BCUT2D eigenvalue weighted by molar-refractivity contribution is 6.30. The fourth-order valence-electron chi connectivity index (χ4n) is 4.82. The van der Waals surface area contributed by atoms with Crippen LogP contribution >= 0.6 is 11.6 Å². The minimum absolute atomic E-state index is 0.117. The summed E-state index contributed by atoms with van der Waals surface area (Å²) in [6, 6.07) is 14.2. The lowest BCUT2D eigenvalue weighted by Gasteiger charge is -2.39. The first kappa shape index (κ1) is 21.6. The lowest BCUT2D eigenvalue weighted by atomic mass is 9.98. The Hall–Kier alpha value is -3.29. The minimum atomic E-state index is -0.577. The number of halogens is 1. The Morgan fingerprint density at radius 2 is 1.76 bits per heavy atom. The van der Waals surface area contributed by atoms with E-state index in [-0.39, 0.29) is 11.3 Å². The van der Waals surface area contributed by atoms with Gasteiger partial charge in [-0.3, -0.25) is 13.9 Å². The molecular formula is C25H24ClN3O4. The quantitative estimate of drug-likeness (QED) is 0.486. The Kier molecular flexibility index (Phi) is 4.81. The summed E-state index contributed by atoms with van der Waals surface area (Å²) < 4.78 is 11.1. The van der Waals surface area contributed by atoms with E-state index in [4.69, 9.17) is 16.3 Å². The topological polar surface area (TPSA) is 78.4 Å². The number of benzene rings is 2. The average Bonchev–Trinajstić information content (AvgIpc) is 3.14. The number of aryl methyl sites for hydroxylation is 1. The molecule has 2 aromatic carbocycles. The van der Waals surface area contributed by atoms with Gasteiger partial charge in [0, 0.05) is 19.1 Å². The van der Waals surface area contributed by atoms with Gasteiger partial charge >= 0.3 is 5.69 Å². The van der Waals surface area contributed by atoms with Gasteiger partial charge in [0.05, 0.1) is 34.4 Å². The van der Waals surface area contributed by atoms with E-state index in [1.165, 1.54) is 11.6 Å². The van der Waals surface area contributed by atoms with E-state index in [1.54, 1.807) is 37.4 Å². The first-order valence-corrected chi connectivity index (χ1v) is 11.0. The van der Waals surface area contributed by atoms with Crippen LogP contribution in [0.4, 0.5) is 0 Å². The molecule has 2 aromatic heterocycles. The molecule has 33 heavy (non-hydrogen) atoms. The van der Waals surface area contributed by atoms with E-state index in [9.17, 15) is 14.7 Å². The molecule has 3 heterocycles. The number of rotatable bonds is 2. The Bertz CT molecular complexity index is 1530. The van der Waals surface area contributed by atoms with Crippen molar-refractivity contribution in [3.05, 3.63) is 85.6 Å². The maximum Gasteiger partial charge on any atom is 0.331 e. The fraction of sp³-hybridized carbons (Fsp3) is 0.280. The second-order valence-corrected chi connectivity index (χ2v) is 9.54. The molecular weight excluding hydrogens is 442 g/mol. The first-order chi connectivity index (χ1) is 15.6. The molecule has 0 aliphatic carbocycles. The summed E-state index contributed by atoms with van der Waals surface area (Å²) in [4.78, 5) is 26.5. The third kappa shape index (κ3) is 3.14. The van der Waals surface area contributed by atoms with Crippen molar-refractivity contribution in [2.45, 2.75) is 25.5 Å². The molecule has 170 valence electrons. The van der Waals surface area contributed by atoms with Crippen LogP contribution in [0.15, 0.2) is 58.1 Å². The van der Waals surface area contributed by atoms with Crippen molar-refractivity contribution < 1.29 is 9.84 Å². The van der Waals surface area contributed by atoms with Crippen molar-refractivity contribution in [3.8, 4) is 17.0 Å². The second-order valence-electron chi connectivity index (χ2n) is 9.10. The summed E-state index contributed by atoms with van der Waals surface area (Å²) in [6.07, 6.45) is -0.577. The van der Waals surface area contributed by atoms with Crippen LogP contribution in [0.1, 0.15) is 31.2 Å². The maximum absolute atomic E-state index is 13.5. The summed E-state index contributed by atoms with van der Waals surface area (Å²) in [6.45, 7) is 4.45. The van der Waals surface area contributed by atoms with Crippen molar-refractivity contribution in [2.24, 2.45) is 14.1 Å². The van der Waals surface area contributed by atoms with Gasteiger partial charge in [-0.05, 0) is 49.2 Å². The standard InChI is InChI=1S/C25H24ClN3O4/c1-25(2)13-33-22(15-6-5-7-17(30)12-15)21-20-18(23(31)28(4)24(32)27(20)3)19(29(21)25)14-8-10-16(26)11-9-14/h5-12,22,30H,13H2,1-4H3. The van der Waals surface area contributed by atoms with Gasteiger partial charge in [-0.2, -0.15) is 0 Å². The van der Waals surface area contributed by atoms with E-state index >= 15 is 0 Å². The molecule has 0 saturated carbocycles. The number of fused-ring (bicyclic) bond motifs is 3. The molecule has 0 spiro atoms. The highest BCUT2D eigenvalue weighted by Crippen LogP contribution is 2.45. The van der Waals surface area contributed by atoms with Crippen molar-refractivity contribution in [1.82, 2.24) is 13.7 Å². The molecule has 1 atom stereocenters. The monoisotopic (exact) mass is 465 g/mol. The van der Waals surface area contributed by atoms with Crippen LogP contribution in [0.5, 0.6) is 5.75 Å². The zero-order valence-corrected chi connectivity index (χ0v) is 19.6. The molecule has 1 aliphatic heterocycles. The van der Waals surface area contributed by atoms with Crippen LogP contribution in [-0.4, -0.2) is 25.4 Å².